The van der Waals surface area contributed by atoms with Gasteiger partial charge in [0.1, 0.15) is 0 Å². The van der Waals surface area contributed by atoms with Crippen molar-refractivity contribution in [1.29, 1.82) is 0 Å². The van der Waals surface area contributed by atoms with E-state index in [4.69, 9.17) is 4.74 Å². The highest BCUT2D eigenvalue weighted by molar-refractivity contribution is 7.89. The molecule has 0 fully saturated rings. The van der Waals surface area contributed by atoms with E-state index in [0.29, 0.717) is 6.42 Å². The van der Waals surface area contributed by atoms with Gasteiger partial charge in [-0.3, -0.25) is 10.1 Å². The predicted molar refractivity (Wildman–Crippen MR) is 103 cm³/mol. The number of urea groups is 1. The Bertz CT molecular complexity index is 805. The maximum atomic E-state index is 12.2. The molecule has 1 aromatic carbocycles. The van der Waals surface area contributed by atoms with E-state index in [1.165, 1.54) is 31.2 Å². The zero-order valence-corrected chi connectivity index (χ0v) is 17.4. The maximum absolute atomic E-state index is 12.2. The van der Waals surface area contributed by atoms with Gasteiger partial charge in [-0.2, -0.15) is 0 Å². The van der Waals surface area contributed by atoms with Crippen LogP contribution in [-0.2, 0) is 19.6 Å². The molecule has 0 radical (unpaired) electrons. The zero-order chi connectivity index (χ0) is 21.5. The summed E-state index contributed by atoms with van der Waals surface area (Å²) in [5, 5.41) is 4.54. The summed E-state index contributed by atoms with van der Waals surface area (Å²) in [6.07, 6.45) is -0.570. The van der Waals surface area contributed by atoms with Crippen molar-refractivity contribution < 1.29 is 27.5 Å². The Morgan fingerprint density at radius 1 is 1.04 bits per heavy atom. The maximum Gasteiger partial charge on any atom is 0.338 e. The number of rotatable bonds is 8. The van der Waals surface area contributed by atoms with Crippen molar-refractivity contribution in [2.45, 2.75) is 64.1 Å². The van der Waals surface area contributed by atoms with Crippen LogP contribution in [0.4, 0.5) is 4.79 Å². The molecular formula is C18H27N3O6S. The van der Waals surface area contributed by atoms with Gasteiger partial charge >= 0.3 is 12.0 Å². The molecule has 0 unspecified atom stereocenters. The molecule has 1 rings (SSSR count). The molecule has 3 amide bonds. The van der Waals surface area contributed by atoms with E-state index in [1.807, 2.05) is 6.92 Å². The molecule has 2 atom stereocenters. The summed E-state index contributed by atoms with van der Waals surface area (Å²) in [6.45, 7) is 8.39. The molecule has 0 bridgehead atoms. The molecule has 0 saturated heterocycles. The van der Waals surface area contributed by atoms with E-state index in [9.17, 15) is 22.8 Å². The molecule has 156 valence electrons. The van der Waals surface area contributed by atoms with Crippen LogP contribution in [0.1, 0.15) is 51.4 Å². The summed E-state index contributed by atoms with van der Waals surface area (Å²) in [7, 11) is -3.68. The van der Waals surface area contributed by atoms with E-state index >= 15 is 0 Å². The number of nitrogens with one attached hydrogen (secondary N) is 3. The van der Waals surface area contributed by atoms with Gasteiger partial charge in [0.25, 0.3) is 5.91 Å². The fourth-order valence-corrected chi connectivity index (χ4v) is 3.31. The van der Waals surface area contributed by atoms with Crippen molar-refractivity contribution in [3.05, 3.63) is 29.8 Å². The van der Waals surface area contributed by atoms with Crippen LogP contribution in [0.5, 0.6) is 0 Å². The third-order valence-electron chi connectivity index (χ3n) is 3.68. The van der Waals surface area contributed by atoms with E-state index in [-0.39, 0.29) is 22.5 Å². The highest BCUT2D eigenvalue weighted by Gasteiger charge is 2.22. The lowest BCUT2D eigenvalue weighted by molar-refractivity contribution is -0.127. The van der Waals surface area contributed by atoms with Gasteiger partial charge in [0.15, 0.2) is 6.10 Å². The minimum Gasteiger partial charge on any atom is -0.449 e. The van der Waals surface area contributed by atoms with Crippen LogP contribution in [0, 0.1) is 0 Å². The Balaban J connectivity index is 2.72. The predicted octanol–water partition coefficient (Wildman–Crippen LogP) is 1.54. The van der Waals surface area contributed by atoms with E-state index in [0.717, 1.165) is 0 Å². The Labute approximate surface area is 165 Å². The first kappa shape index (κ1) is 23.6. The summed E-state index contributed by atoms with van der Waals surface area (Å²) in [5.41, 5.74) is 0.0776. The van der Waals surface area contributed by atoms with Gasteiger partial charge in [-0.1, -0.05) is 6.92 Å². The van der Waals surface area contributed by atoms with Crippen LogP contribution >= 0.6 is 0 Å². The van der Waals surface area contributed by atoms with Crippen molar-refractivity contribution in [2.24, 2.45) is 0 Å². The largest absolute Gasteiger partial charge is 0.449 e. The first-order chi connectivity index (χ1) is 13.0. The Hall–Kier alpha value is -2.46. The van der Waals surface area contributed by atoms with Crippen LogP contribution in [0.3, 0.4) is 0 Å². The van der Waals surface area contributed by atoms with Crippen molar-refractivity contribution in [2.75, 3.05) is 0 Å². The third kappa shape index (κ3) is 7.28. The standard InChI is InChI=1S/C18H27N3O6S/c1-6-12(4)21-28(25,26)15-9-7-14(8-10-15)17(23)27-13(5)16(22)20-18(24)19-11(2)3/h7-13,21H,6H2,1-5H3,(H2,19,20,22,24)/t12-,13-/m1/s1. The highest BCUT2D eigenvalue weighted by atomic mass is 32.2. The van der Waals surface area contributed by atoms with Crippen LogP contribution in [0.15, 0.2) is 29.2 Å². The molecule has 0 spiro atoms. The molecule has 10 heteroatoms. The van der Waals surface area contributed by atoms with Crippen LogP contribution in [0.25, 0.3) is 0 Å². The quantitative estimate of drug-likeness (QED) is 0.554. The summed E-state index contributed by atoms with van der Waals surface area (Å²) < 4.78 is 32.0. The lowest BCUT2D eigenvalue weighted by Gasteiger charge is -2.15. The number of esters is 1. The van der Waals surface area contributed by atoms with Gasteiger partial charge in [0.05, 0.1) is 10.5 Å². The summed E-state index contributed by atoms with van der Waals surface area (Å²) >= 11 is 0. The lowest BCUT2D eigenvalue weighted by atomic mass is 10.2. The minimum atomic E-state index is -3.68. The number of carbonyl (C=O) groups is 3. The average Bonchev–Trinajstić information content (AvgIpc) is 2.60. The van der Waals surface area contributed by atoms with Crippen molar-refractivity contribution in [1.82, 2.24) is 15.4 Å². The number of amides is 3. The van der Waals surface area contributed by atoms with E-state index in [2.05, 4.69) is 15.4 Å². The molecule has 28 heavy (non-hydrogen) atoms. The second kappa shape index (κ2) is 10.2. The van der Waals surface area contributed by atoms with Crippen molar-refractivity contribution >= 4 is 27.9 Å². The number of benzene rings is 1. The molecule has 0 aliphatic rings. The number of imide groups is 1. The molecule has 0 aliphatic carbocycles. The van der Waals surface area contributed by atoms with Gasteiger partial charge < -0.3 is 10.1 Å². The minimum absolute atomic E-state index is 0.0144. The molecule has 1 aromatic rings. The number of carbonyl (C=O) groups excluding carboxylic acids is 3. The fourth-order valence-electron chi connectivity index (χ4n) is 1.98. The molecule has 0 aliphatic heterocycles. The first-order valence-corrected chi connectivity index (χ1v) is 10.4. The normalized spacial score (nSPS) is 13.5. The van der Waals surface area contributed by atoms with Crippen LogP contribution < -0.4 is 15.4 Å². The molecule has 9 nitrogen and oxygen atoms in total. The van der Waals surface area contributed by atoms with Crippen LogP contribution in [0.2, 0.25) is 0 Å². The number of hydrogen-bond acceptors (Lipinski definition) is 6. The van der Waals surface area contributed by atoms with Crippen molar-refractivity contribution in [3.8, 4) is 0 Å². The van der Waals surface area contributed by atoms with Gasteiger partial charge in [0, 0.05) is 12.1 Å². The Morgan fingerprint density at radius 2 is 1.61 bits per heavy atom. The second-order valence-corrected chi connectivity index (χ2v) is 8.33. The smallest absolute Gasteiger partial charge is 0.338 e. The van der Waals surface area contributed by atoms with Crippen molar-refractivity contribution in [3.63, 3.8) is 0 Å². The molecule has 0 aromatic heterocycles. The number of hydrogen-bond donors (Lipinski definition) is 3. The van der Waals surface area contributed by atoms with E-state index in [1.54, 1.807) is 20.8 Å². The SMILES string of the molecule is CC[C@@H](C)NS(=O)(=O)c1ccc(C(=O)O[C@H](C)C(=O)NC(=O)NC(C)C)cc1. The van der Waals surface area contributed by atoms with E-state index < -0.39 is 34.0 Å². The van der Waals surface area contributed by atoms with Crippen LogP contribution in [-0.4, -0.2) is 44.5 Å². The topological polar surface area (TPSA) is 131 Å². The van der Waals surface area contributed by atoms with Gasteiger partial charge in [-0.25, -0.2) is 22.7 Å². The monoisotopic (exact) mass is 413 g/mol. The summed E-state index contributed by atoms with van der Waals surface area (Å²) in [4.78, 5) is 35.5. The lowest BCUT2D eigenvalue weighted by Crippen LogP contribution is -2.46. The molecular weight excluding hydrogens is 386 g/mol. The molecule has 0 saturated carbocycles. The number of sulfonamides is 1. The molecule has 3 N–H and O–H groups in total. The summed E-state index contributed by atoms with van der Waals surface area (Å²) in [5.74, 6) is -1.59. The summed E-state index contributed by atoms with van der Waals surface area (Å²) in [6, 6.07) is 4.08. The fraction of sp³-hybridized carbons (Fsp3) is 0.500. The molecule has 0 heterocycles. The second-order valence-electron chi connectivity index (χ2n) is 6.62. The number of ether oxygens (including phenoxy) is 1. The first-order valence-electron chi connectivity index (χ1n) is 8.91. The van der Waals surface area contributed by atoms with Gasteiger partial charge in [-0.15, -0.1) is 0 Å². The average molecular weight is 413 g/mol. The van der Waals surface area contributed by atoms with Gasteiger partial charge in [0.2, 0.25) is 10.0 Å². The van der Waals surface area contributed by atoms with Gasteiger partial charge in [-0.05, 0) is 58.4 Å². The third-order valence-corrected chi connectivity index (χ3v) is 5.28. The highest BCUT2D eigenvalue weighted by Crippen LogP contribution is 2.13. The Morgan fingerprint density at radius 3 is 2.11 bits per heavy atom. The zero-order valence-electron chi connectivity index (χ0n) is 16.6. The Kier molecular flexibility index (Phi) is 8.58.